The van der Waals surface area contributed by atoms with E-state index in [0.717, 1.165) is 16.6 Å². The zero-order valence-corrected chi connectivity index (χ0v) is 6.75. The highest BCUT2D eigenvalue weighted by atomic mass is 15.3. The summed E-state index contributed by atoms with van der Waals surface area (Å²) in [4.78, 5) is 8.40. The number of fused-ring (bicyclic) bond motifs is 3. The summed E-state index contributed by atoms with van der Waals surface area (Å²) in [7, 11) is 0. The molecule has 13 heavy (non-hydrogen) atoms. The van der Waals surface area contributed by atoms with Crippen molar-refractivity contribution in [1.82, 2.24) is 19.6 Å². The van der Waals surface area contributed by atoms with E-state index in [1.165, 1.54) is 6.33 Å². The third-order valence-corrected chi connectivity index (χ3v) is 2.02. The van der Waals surface area contributed by atoms with Crippen LogP contribution in [0.5, 0.6) is 0 Å². The van der Waals surface area contributed by atoms with Gasteiger partial charge in [0.1, 0.15) is 12.7 Å². The molecule has 3 rings (SSSR count). The molecule has 0 N–H and O–H groups in total. The summed E-state index contributed by atoms with van der Waals surface area (Å²) in [6.07, 6.45) is 3.20. The number of para-hydroxylation sites is 1. The maximum absolute atomic E-state index is 4.24. The van der Waals surface area contributed by atoms with Crippen LogP contribution in [0.15, 0.2) is 36.9 Å². The van der Waals surface area contributed by atoms with Crippen LogP contribution >= 0.6 is 0 Å². The molecule has 0 amide bonds. The maximum atomic E-state index is 4.24. The van der Waals surface area contributed by atoms with Crippen molar-refractivity contribution in [2.45, 2.75) is 0 Å². The highest BCUT2D eigenvalue weighted by Crippen LogP contribution is 2.14. The van der Waals surface area contributed by atoms with E-state index in [1.807, 2.05) is 24.3 Å². The monoisotopic (exact) mass is 170 g/mol. The molecule has 0 aliphatic carbocycles. The predicted molar refractivity (Wildman–Crippen MR) is 48.3 cm³/mol. The Labute approximate surface area is 73.9 Å². The molecule has 1 aromatic carbocycles. The highest BCUT2D eigenvalue weighted by molar-refractivity contribution is 5.90. The average Bonchev–Trinajstić information content (AvgIpc) is 2.65. The first-order valence-corrected chi connectivity index (χ1v) is 3.98. The molecule has 62 valence electrons. The molecule has 0 bridgehead atoms. The van der Waals surface area contributed by atoms with Gasteiger partial charge in [-0.2, -0.15) is 5.10 Å². The fourth-order valence-corrected chi connectivity index (χ4v) is 1.42. The van der Waals surface area contributed by atoms with E-state index < -0.39 is 0 Å². The van der Waals surface area contributed by atoms with Crippen LogP contribution in [-0.4, -0.2) is 19.6 Å². The number of hydrogen-bond donors (Lipinski definition) is 0. The van der Waals surface area contributed by atoms with Crippen molar-refractivity contribution < 1.29 is 0 Å². The summed E-state index contributed by atoms with van der Waals surface area (Å²) in [5, 5.41) is 5.04. The number of nitrogens with zero attached hydrogens (tertiary/aromatic N) is 4. The van der Waals surface area contributed by atoms with Crippen LogP contribution in [-0.2, 0) is 0 Å². The van der Waals surface area contributed by atoms with Gasteiger partial charge in [0, 0.05) is 5.39 Å². The molecule has 0 aliphatic rings. The number of benzene rings is 1. The van der Waals surface area contributed by atoms with Crippen LogP contribution in [0.1, 0.15) is 0 Å². The molecule has 0 spiro atoms. The Bertz CT molecular complexity index is 570. The molecule has 0 aliphatic heterocycles. The normalized spacial score (nSPS) is 11.1. The smallest absolute Gasteiger partial charge is 0.166 e. The second-order valence-electron chi connectivity index (χ2n) is 2.79. The third-order valence-electron chi connectivity index (χ3n) is 2.02. The van der Waals surface area contributed by atoms with Crippen LogP contribution < -0.4 is 0 Å². The molecule has 0 saturated carbocycles. The van der Waals surface area contributed by atoms with E-state index in [4.69, 9.17) is 0 Å². The van der Waals surface area contributed by atoms with Gasteiger partial charge in [-0.25, -0.2) is 14.5 Å². The van der Waals surface area contributed by atoms with E-state index in [2.05, 4.69) is 15.1 Å². The molecule has 3 aromatic rings. The fourth-order valence-electron chi connectivity index (χ4n) is 1.42. The van der Waals surface area contributed by atoms with E-state index in [9.17, 15) is 0 Å². The first-order valence-electron chi connectivity index (χ1n) is 3.98. The first-order chi connectivity index (χ1) is 6.45. The van der Waals surface area contributed by atoms with Crippen molar-refractivity contribution in [2.75, 3.05) is 0 Å². The summed E-state index contributed by atoms with van der Waals surface area (Å²) in [6.45, 7) is 0. The fraction of sp³-hybridized carbons (Fsp3) is 0. The number of aromatic nitrogens is 4. The van der Waals surface area contributed by atoms with Gasteiger partial charge in [0.2, 0.25) is 0 Å². The molecule has 4 heteroatoms. The predicted octanol–water partition coefficient (Wildman–Crippen LogP) is 1.28. The minimum atomic E-state index is 0.852. The van der Waals surface area contributed by atoms with Gasteiger partial charge in [-0.05, 0) is 12.1 Å². The molecule has 4 nitrogen and oxygen atoms in total. The van der Waals surface area contributed by atoms with Crippen molar-refractivity contribution in [3.8, 4) is 0 Å². The van der Waals surface area contributed by atoms with Crippen molar-refractivity contribution in [1.29, 1.82) is 0 Å². The summed E-state index contributed by atoms with van der Waals surface area (Å²) >= 11 is 0. The average molecular weight is 170 g/mol. The lowest BCUT2D eigenvalue weighted by Crippen LogP contribution is -1.90. The van der Waals surface area contributed by atoms with Crippen molar-refractivity contribution in [3.05, 3.63) is 36.9 Å². The Hall–Kier alpha value is -1.97. The number of hydrogen-bond acceptors (Lipinski definition) is 3. The summed E-state index contributed by atoms with van der Waals surface area (Å²) < 4.78 is 1.67. The van der Waals surface area contributed by atoms with Crippen LogP contribution in [0, 0.1) is 0 Å². The Kier molecular flexibility index (Phi) is 1.14. The molecule has 0 radical (unpaired) electrons. The lowest BCUT2D eigenvalue weighted by atomic mass is 10.2. The van der Waals surface area contributed by atoms with Gasteiger partial charge < -0.3 is 0 Å². The molecule has 0 unspecified atom stereocenters. The molecule has 0 atom stereocenters. The standard InChI is InChI=1S/C9H6N4/c1-2-4-8-7(3-1)9-10-5-12-13(9)6-11-8/h1-6H. The van der Waals surface area contributed by atoms with E-state index in [1.54, 1.807) is 10.8 Å². The van der Waals surface area contributed by atoms with Crippen LogP contribution in [0.2, 0.25) is 0 Å². The van der Waals surface area contributed by atoms with Crippen molar-refractivity contribution >= 4 is 16.6 Å². The Morgan fingerprint density at radius 3 is 3.00 bits per heavy atom. The largest absolute Gasteiger partial charge is 0.236 e. The summed E-state index contributed by atoms with van der Waals surface area (Å²) in [6, 6.07) is 7.89. The SMILES string of the molecule is c1ccc2c(c1)ncn1ncnc21. The zero-order chi connectivity index (χ0) is 8.67. The van der Waals surface area contributed by atoms with E-state index in [-0.39, 0.29) is 0 Å². The van der Waals surface area contributed by atoms with Gasteiger partial charge in [0.25, 0.3) is 0 Å². The lowest BCUT2D eigenvalue weighted by Gasteiger charge is -1.96. The Morgan fingerprint density at radius 1 is 1.08 bits per heavy atom. The first kappa shape index (κ1) is 6.54. The third kappa shape index (κ3) is 0.823. The molecule has 2 aromatic heterocycles. The van der Waals surface area contributed by atoms with E-state index in [0.29, 0.717) is 0 Å². The minimum absolute atomic E-state index is 0.852. The van der Waals surface area contributed by atoms with Gasteiger partial charge in [0.05, 0.1) is 5.52 Å². The van der Waals surface area contributed by atoms with Gasteiger partial charge >= 0.3 is 0 Å². The summed E-state index contributed by atoms with van der Waals surface area (Å²) in [5.41, 5.74) is 1.80. The molecule has 2 heterocycles. The lowest BCUT2D eigenvalue weighted by molar-refractivity contribution is 0.934. The molecular weight excluding hydrogens is 164 g/mol. The zero-order valence-electron chi connectivity index (χ0n) is 6.75. The highest BCUT2D eigenvalue weighted by Gasteiger charge is 2.00. The number of rotatable bonds is 0. The Balaban J connectivity index is 2.65. The van der Waals surface area contributed by atoms with Crippen LogP contribution in [0.3, 0.4) is 0 Å². The molecular formula is C9H6N4. The topological polar surface area (TPSA) is 43.1 Å². The van der Waals surface area contributed by atoms with Gasteiger partial charge in [-0.3, -0.25) is 0 Å². The molecule has 0 saturated heterocycles. The quantitative estimate of drug-likeness (QED) is 0.510. The van der Waals surface area contributed by atoms with Crippen molar-refractivity contribution in [3.63, 3.8) is 0 Å². The van der Waals surface area contributed by atoms with Crippen molar-refractivity contribution in [2.24, 2.45) is 0 Å². The Morgan fingerprint density at radius 2 is 2.00 bits per heavy atom. The second kappa shape index (κ2) is 2.26. The minimum Gasteiger partial charge on any atom is -0.236 e. The van der Waals surface area contributed by atoms with Crippen LogP contribution in [0.25, 0.3) is 16.6 Å². The molecule has 0 fully saturated rings. The van der Waals surface area contributed by atoms with Gasteiger partial charge in [0.15, 0.2) is 5.65 Å². The maximum Gasteiger partial charge on any atom is 0.166 e. The summed E-state index contributed by atoms with van der Waals surface area (Å²) in [5.74, 6) is 0. The second-order valence-corrected chi connectivity index (χ2v) is 2.79. The van der Waals surface area contributed by atoms with Gasteiger partial charge in [-0.15, -0.1) is 0 Å². The van der Waals surface area contributed by atoms with Crippen LogP contribution in [0.4, 0.5) is 0 Å². The van der Waals surface area contributed by atoms with E-state index >= 15 is 0 Å². The van der Waals surface area contributed by atoms with Gasteiger partial charge in [-0.1, -0.05) is 12.1 Å².